The molecule has 1 aromatic rings. The van der Waals surface area contributed by atoms with Crippen LogP contribution in [0.25, 0.3) is 0 Å². The Morgan fingerprint density at radius 3 is 2.42 bits per heavy atom. The molecule has 0 unspecified atom stereocenters. The smallest absolute Gasteiger partial charge is 0.410 e. The minimum atomic E-state index is -1.18. The second kappa shape index (κ2) is 9.51. The van der Waals surface area contributed by atoms with Gasteiger partial charge in [-0.2, -0.15) is 0 Å². The Morgan fingerprint density at radius 1 is 1.25 bits per heavy atom. The molecule has 0 heterocycles. The third kappa shape index (κ3) is 5.54. The molecule has 0 fully saturated rings. The summed E-state index contributed by atoms with van der Waals surface area (Å²) < 4.78 is 9.59. The van der Waals surface area contributed by atoms with Gasteiger partial charge in [-0.05, 0) is 12.5 Å². The summed E-state index contributed by atoms with van der Waals surface area (Å²) in [6.45, 7) is 0.956. The largest absolute Gasteiger partial charge is 0.467 e. The van der Waals surface area contributed by atoms with Crippen molar-refractivity contribution in [3.63, 3.8) is 0 Å². The molecule has 0 aliphatic carbocycles. The van der Waals surface area contributed by atoms with E-state index in [4.69, 9.17) is 9.84 Å². The van der Waals surface area contributed by atoms with Crippen molar-refractivity contribution in [1.29, 1.82) is 0 Å². The summed E-state index contributed by atoms with van der Waals surface area (Å²) in [6, 6.07) is 7.04. The number of methoxy groups -OCH3 is 1. The normalized spacial score (nSPS) is 12.7. The maximum atomic E-state index is 12.1. The van der Waals surface area contributed by atoms with Gasteiger partial charge in [-0.25, -0.2) is 9.59 Å². The Kier molecular flexibility index (Phi) is 7.70. The minimum Gasteiger partial charge on any atom is -0.467 e. The van der Waals surface area contributed by atoms with E-state index in [0.29, 0.717) is 0 Å². The fourth-order valence-electron chi connectivity index (χ4n) is 1.77. The zero-order valence-electron chi connectivity index (χ0n) is 13.9. The van der Waals surface area contributed by atoms with Crippen molar-refractivity contribution in [3.8, 4) is 0 Å². The molecule has 0 radical (unpaired) electrons. The van der Waals surface area contributed by atoms with Crippen LogP contribution >= 0.6 is 0 Å². The van der Waals surface area contributed by atoms with E-state index in [-0.39, 0.29) is 6.61 Å². The first-order valence-corrected chi connectivity index (χ1v) is 7.33. The number of nitrogens with one attached hydrogen (secondary N) is 1. The Balaban J connectivity index is 2.55. The Labute approximate surface area is 140 Å². The first-order valence-electron chi connectivity index (χ1n) is 7.33. The summed E-state index contributed by atoms with van der Waals surface area (Å²) in [6.07, 6.45) is -0.680. The highest BCUT2D eigenvalue weighted by molar-refractivity contribution is 5.89. The van der Waals surface area contributed by atoms with Crippen molar-refractivity contribution in [2.75, 3.05) is 20.8 Å². The molecule has 0 bridgehead atoms. The Morgan fingerprint density at radius 2 is 1.88 bits per heavy atom. The molecule has 0 aliphatic heterocycles. The number of carbonyl (C=O) groups excluding carboxylic acids is 3. The summed E-state index contributed by atoms with van der Waals surface area (Å²) in [5, 5.41) is 11.4. The number of likely N-dealkylation sites (N-methyl/N-ethyl adjacent to an activating group) is 1. The predicted molar refractivity (Wildman–Crippen MR) is 84.9 cm³/mol. The number of esters is 1. The van der Waals surface area contributed by atoms with E-state index in [9.17, 15) is 14.4 Å². The van der Waals surface area contributed by atoms with Crippen LogP contribution in [0.5, 0.6) is 0 Å². The van der Waals surface area contributed by atoms with Gasteiger partial charge in [-0.15, -0.1) is 0 Å². The lowest BCUT2D eigenvalue weighted by molar-refractivity contribution is -0.146. The highest BCUT2D eigenvalue weighted by Crippen LogP contribution is 2.05. The first kappa shape index (κ1) is 19.4. The van der Waals surface area contributed by atoms with Crippen LogP contribution < -0.4 is 5.32 Å². The zero-order chi connectivity index (χ0) is 18.1. The molecular weight excluding hydrogens is 316 g/mol. The van der Waals surface area contributed by atoms with Crippen LogP contribution in [-0.2, 0) is 25.7 Å². The molecule has 0 aromatic heterocycles. The fourth-order valence-corrected chi connectivity index (χ4v) is 1.77. The molecule has 0 saturated heterocycles. The van der Waals surface area contributed by atoms with Gasteiger partial charge in [0.25, 0.3) is 0 Å². The molecule has 0 saturated carbocycles. The Hall–Kier alpha value is -2.61. The van der Waals surface area contributed by atoms with Gasteiger partial charge in [0.1, 0.15) is 12.6 Å². The molecule has 2 N–H and O–H groups in total. The lowest BCUT2D eigenvalue weighted by Gasteiger charge is -2.25. The number of aliphatic hydroxyl groups is 1. The van der Waals surface area contributed by atoms with E-state index in [1.165, 1.54) is 14.0 Å². The topological polar surface area (TPSA) is 105 Å². The Bertz CT molecular complexity index is 563. The molecule has 1 rings (SSSR count). The van der Waals surface area contributed by atoms with Gasteiger partial charge in [0.05, 0.1) is 13.7 Å². The molecule has 132 valence electrons. The number of nitrogens with zero attached hydrogens (tertiary/aromatic N) is 1. The highest BCUT2D eigenvalue weighted by Gasteiger charge is 2.28. The summed E-state index contributed by atoms with van der Waals surface area (Å²) >= 11 is 0. The van der Waals surface area contributed by atoms with Crippen LogP contribution in [0.2, 0.25) is 0 Å². The number of benzene rings is 1. The number of rotatable bonds is 7. The van der Waals surface area contributed by atoms with Crippen molar-refractivity contribution in [2.45, 2.75) is 25.6 Å². The van der Waals surface area contributed by atoms with Crippen LogP contribution in [0.1, 0.15) is 12.5 Å². The van der Waals surface area contributed by atoms with Crippen LogP contribution in [0, 0.1) is 0 Å². The molecule has 24 heavy (non-hydrogen) atoms. The van der Waals surface area contributed by atoms with E-state index in [2.05, 4.69) is 10.1 Å². The predicted octanol–water partition coefficient (Wildman–Crippen LogP) is 0.294. The highest BCUT2D eigenvalue weighted by atomic mass is 16.6. The van der Waals surface area contributed by atoms with Crippen LogP contribution in [0.15, 0.2) is 30.3 Å². The van der Waals surface area contributed by atoms with E-state index in [1.54, 1.807) is 0 Å². The van der Waals surface area contributed by atoms with Gasteiger partial charge in [0.15, 0.2) is 6.04 Å². The van der Waals surface area contributed by atoms with Crippen molar-refractivity contribution in [1.82, 2.24) is 10.2 Å². The maximum absolute atomic E-state index is 12.1. The van der Waals surface area contributed by atoms with Gasteiger partial charge in [-0.3, -0.25) is 9.69 Å². The lowest BCUT2D eigenvalue weighted by atomic mass is 10.2. The standard InChI is InChI=1S/C16H22N2O6/c1-11(14(20)17-13(9-19)15(21)23-3)18(2)16(22)24-10-12-7-5-4-6-8-12/h4-8,11,13,19H,9-10H2,1-3H3,(H,17,20)/t11-,13-/m0/s1. The van der Waals surface area contributed by atoms with Gasteiger partial charge >= 0.3 is 12.1 Å². The number of amides is 2. The van der Waals surface area contributed by atoms with E-state index < -0.39 is 36.7 Å². The quantitative estimate of drug-likeness (QED) is 0.693. The van der Waals surface area contributed by atoms with Crippen molar-refractivity contribution < 1.29 is 29.0 Å². The maximum Gasteiger partial charge on any atom is 0.410 e. The summed E-state index contributed by atoms with van der Waals surface area (Å²) in [7, 11) is 2.55. The number of hydrogen-bond acceptors (Lipinski definition) is 6. The van der Waals surface area contributed by atoms with Crippen LogP contribution in [-0.4, -0.2) is 60.8 Å². The molecule has 8 nitrogen and oxygen atoms in total. The van der Waals surface area contributed by atoms with Gasteiger partial charge < -0.3 is 19.9 Å². The number of ether oxygens (including phenoxy) is 2. The summed E-state index contributed by atoms with van der Waals surface area (Å²) in [4.78, 5) is 36.5. The summed E-state index contributed by atoms with van der Waals surface area (Å²) in [5.74, 6) is -1.38. The molecule has 0 spiro atoms. The second-order valence-corrected chi connectivity index (χ2v) is 5.09. The van der Waals surface area contributed by atoms with Crippen molar-refractivity contribution >= 4 is 18.0 Å². The third-order valence-electron chi connectivity index (χ3n) is 3.44. The number of aliphatic hydroxyl groups excluding tert-OH is 1. The van der Waals surface area contributed by atoms with E-state index in [0.717, 1.165) is 17.6 Å². The van der Waals surface area contributed by atoms with Gasteiger partial charge in [0.2, 0.25) is 5.91 Å². The molecule has 2 atom stereocenters. The second-order valence-electron chi connectivity index (χ2n) is 5.09. The lowest BCUT2D eigenvalue weighted by Crippen LogP contribution is -2.52. The first-order chi connectivity index (χ1) is 11.4. The molecule has 0 aliphatic rings. The zero-order valence-corrected chi connectivity index (χ0v) is 13.9. The number of hydrogen-bond donors (Lipinski definition) is 2. The van der Waals surface area contributed by atoms with Crippen molar-refractivity contribution in [3.05, 3.63) is 35.9 Å². The van der Waals surface area contributed by atoms with Gasteiger partial charge in [-0.1, -0.05) is 30.3 Å². The molecular formula is C16H22N2O6. The van der Waals surface area contributed by atoms with E-state index >= 15 is 0 Å². The number of carbonyl (C=O) groups is 3. The molecule has 1 aromatic carbocycles. The monoisotopic (exact) mass is 338 g/mol. The molecule has 8 heteroatoms. The SMILES string of the molecule is COC(=O)[C@H](CO)NC(=O)[C@H](C)N(C)C(=O)OCc1ccccc1. The fraction of sp³-hybridized carbons (Fsp3) is 0.438. The third-order valence-corrected chi connectivity index (χ3v) is 3.44. The summed E-state index contributed by atoms with van der Waals surface area (Å²) in [5.41, 5.74) is 0.822. The van der Waals surface area contributed by atoms with Gasteiger partial charge in [0, 0.05) is 7.05 Å². The average Bonchev–Trinajstić information content (AvgIpc) is 2.62. The van der Waals surface area contributed by atoms with Crippen LogP contribution in [0.4, 0.5) is 4.79 Å². The minimum absolute atomic E-state index is 0.0831. The van der Waals surface area contributed by atoms with Crippen molar-refractivity contribution in [2.24, 2.45) is 0 Å². The molecule has 2 amide bonds. The van der Waals surface area contributed by atoms with E-state index in [1.807, 2.05) is 30.3 Å². The average molecular weight is 338 g/mol. The van der Waals surface area contributed by atoms with Crippen LogP contribution in [0.3, 0.4) is 0 Å².